The molecule has 1 saturated heterocycles. The van der Waals surface area contributed by atoms with Crippen LogP contribution in [0.2, 0.25) is 0 Å². The van der Waals surface area contributed by atoms with Gasteiger partial charge >= 0.3 is 0 Å². The molecule has 11 nitrogen and oxygen atoms in total. The van der Waals surface area contributed by atoms with Gasteiger partial charge in [-0.25, -0.2) is 0 Å². The molecule has 2 aromatic rings. The summed E-state index contributed by atoms with van der Waals surface area (Å²) < 4.78 is 22.5. The average Bonchev–Trinajstić information content (AvgIpc) is 2.90. The first-order valence-electron chi connectivity index (χ1n) is 12.8. The van der Waals surface area contributed by atoms with Crippen LogP contribution in [0.25, 0.3) is 0 Å². The molecule has 3 aliphatic rings. The van der Waals surface area contributed by atoms with Crippen molar-refractivity contribution in [1.29, 1.82) is 0 Å². The molecule has 6 atom stereocenters. The summed E-state index contributed by atoms with van der Waals surface area (Å²) >= 11 is 0. The van der Waals surface area contributed by atoms with E-state index in [2.05, 4.69) is 0 Å². The van der Waals surface area contributed by atoms with Crippen molar-refractivity contribution < 1.29 is 49.0 Å². The lowest BCUT2D eigenvalue weighted by molar-refractivity contribution is -0.248. The van der Waals surface area contributed by atoms with E-state index in [1.165, 1.54) is 26.4 Å². The van der Waals surface area contributed by atoms with E-state index < -0.39 is 59.3 Å². The zero-order chi connectivity index (χ0) is 28.2. The minimum Gasteiger partial charge on any atom is -0.507 e. The first-order valence-corrected chi connectivity index (χ1v) is 12.8. The number of ketones is 2. The van der Waals surface area contributed by atoms with Crippen LogP contribution in [-0.2, 0) is 20.6 Å². The summed E-state index contributed by atoms with van der Waals surface area (Å²) in [5.41, 5.74) is 4.16. The highest BCUT2D eigenvalue weighted by molar-refractivity contribution is 6.31. The van der Waals surface area contributed by atoms with Crippen LogP contribution < -0.4 is 10.5 Å². The van der Waals surface area contributed by atoms with Gasteiger partial charge in [-0.2, -0.15) is 0 Å². The molecule has 1 aliphatic heterocycles. The molecule has 0 spiro atoms. The topological polar surface area (TPSA) is 178 Å². The predicted octanol–water partition coefficient (Wildman–Crippen LogP) is 1.48. The second kappa shape index (κ2) is 10.2. The fourth-order valence-corrected chi connectivity index (χ4v) is 5.95. The number of ether oxygens (including phenoxy) is 4. The normalized spacial score (nSPS) is 29.9. The molecule has 0 aromatic heterocycles. The quantitative estimate of drug-likeness (QED) is 0.284. The van der Waals surface area contributed by atoms with Gasteiger partial charge in [0.05, 0.1) is 47.7 Å². The van der Waals surface area contributed by atoms with Gasteiger partial charge in [0.2, 0.25) is 5.78 Å². The maximum atomic E-state index is 13.7. The number of rotatable bonds is 6. The predicted molar refractivity (Wildman–Crippen MR) is 136 cm³/mol. The molecule has 2 aromatic carbocycles. The van der Waals surface area contributed by atoms with Gasteiger partial charge < -0.3 is 45.1 Å². The third-order valence-corrected chi connectivity index (χ3v) is 7.99. The SMILES string of the molecule is COCC[C@]1(O)Cc2c(O)c3c(c(O)c2[C@@H](O[C@H]2CC(N)[C@H](O)C(C)O2)C1)C(=O)c1c(OC)cccc1C3=O. The van der Waals surface area contributed by atoms with Crippen LogP contribution in [0.5, 0.6) is 17.2 Å². The van der Waals surface area contributed by atoms with Crippen LogP contribution in [0.1, 0.15) is 75.3 Å². The number of phenolic OH excluding ortho intramolecular Hbond substituents is 2. The number of phenols is 2. The summed E-state index contributed by atoms with van der Waals surface area (Å²) in [5.74, 6) is -2.19. The Kier molecular flexibility index (Phi) is 7.17. The highest BCUT2D eigenvalue weighted by atomic mass is 16.7. The van der Waals surface area contributed by atoms with E-state index in [9.17, 15) is 30.0 Å². The van der Waals surface area contributed by atoms with E-state index in [1.807, 2.05) is 0 Å². The smallest absolute Gasteiger partial charge is 0.202 e. The molecule has 6 N–H and O–H groups in total. The Balaban J connectivity index is 1.65. The molecule has 0 saturated carbocycles. The molecule has 0 radical (unpaired) electrons. The number of methoxy groups -OCH3 is 2. The van der Waals surface area contributed by atoms with Gasteiger partial charge in [0.15, 0.2) is 12.1 Å². The zero-order valence-electron chi connectivity index (χ0n) is 22.0. The summed E-state index contributed by atoms with van der Waals surface area (Å²) in [6.07, 6.45) is -3.33. The van der Waals surface area contributed by atoms with E-state index in [-0.39, 0.29) is 71.4 Å². The Bertz CT molecular complexity index is 1310. The maximum Gasteiger partial charge on any atom is 0.202 e. The van der Waals surface area contributed by atoms with Crippen molar-refractivity contribution in [2.24, 2.45) is 5.73 Å². The lowest BCUT2D eigenvalue weighted by Crippen LogP contribution is -2.52. The van der Waals surface area contributed by atoms with Gasteiger partial charge in [0.1, 0.15) is 17.2 Å². The van der Waals surface area contributed by atoms with Crippen molar-refractivity contribution in [3.63, 3.8) is 0 Å². The number of benzene rings is 2. The molecule has 210 valence electrons. The number of nitrogens with two attached hydrogens (primary N) is 1. The van der Waals surface area contributed by atoms with Crippen molar-refractivity contribution in [3.8, 4) is 17.2 Å². The Morgan fingerprint density at radius 1 is 1.10 bits per heavy atom. The van der Waals surface area contributed by atoms with E-state index in [1.54, 1.807) is 13.0 Å². The van der Waals surface area contributed by atoms with Gasteiger partial charge in [-0.1, -0.05) is 12.1 Å². The molecule has 11 heteroatoms. The third-order valence-electron chi connectivity index (χ3n) is 7.99. The van der Waals surface area contributed by atoms with E-state index in [0.29, 0.717) is 0 Å². The summed E-state index contributed by atoms with van der Waals surface area (Å²) in [5, 5.41) is 44.7. The summed E-state index contributed by atoms with van der Waals surface area (Å²) in [4.78, 5) is 27.3. The number of hydrogen-bond acceptors (Lipinski definition) is 11. The Morgan fingerprint density at radius 3 is 2.49 bits per heavy atom. The molecular weight excluding hydrogens is 510 g/mol. The summed E-state index contributed by atoms with van der Waals surface area (Å²) in [6, 6.07) is 3.91. The second-order valence-corrected chi connectivity index (χ2v) is 10.5. The number of aliphatic hydroxyl groups excluding tert-OH is 1. The monoisotopic (exact) mass is 543 g/mol. The van der Waals surface area contributed by atoms with Gasteiger partial charge in [0, 0.05) is 55.7 Å². The number of carbonyl (C=O) groups excluding carboxylic acids is 2. The Hall–Kier alpha value is -3.06. The van der Waals surface area contributed by atoms with Gasteiger partial charge in [-0.3, -0.25) is 9.59 Å². The first-order chi connectivity index (χ1) is 18.5. The van der Waals surface area contributed by atoms with Crippen molar-refractivity contribution in [3.05, 3.63) is 51.6 Å². The van der Waals surface area contributed by atoms with Crippen molar-refractivity contribution in [2.75, 3.05) is 20.8 Å². The molecule has 2 unspecified atom stereocenters. The standard InChI is InChI=1S/C28H33NO10/c1-12-23(30)15(29)9-18(38-12)39-17-11-28(35,7-8-36-2)10-14-20(17)27(34)22-21(25(14)32)24(31)13-5-4-6-16(37-3)19(13)26(22)33/h4-6,12,15,17-18,23,30,32,34-35H,7-11,29H2,1-3H3/t12?,15?,17-,18-,23+,28-/m0/s1. The lowest BCUT2D eigenvalue weighted by Gasteiger charge is -2.43. The van der Waals surface area contributed by atoms with Crippen LogP contribution in [0.3, 0.4) is 0 Å². The third kappa shape index (κ3) is 4.48. The van der Waals surface area contributed by atoms with E-state index in [4.69, 9.17) is 24.7 Å². The highest BCUT2D eigenvalue weighted by Gasteiger charge is 2.47. The van der Waals surface area contributed by atoms with Crippen LogP contribution in [0.4, 0.5) is 0 Å². The average molecular weight is 544 g/mol. The van der Waals surface area contributed by atoms with Crippen LogP contribution in [0.15, 0.2) is 18.2 Å². The first kappa shape index (κ1) is 27.5. The van der Waals surface area contributed by atoms with Gasteiger partial charge in [-0.05, 0) is 19.4 Å². The van der Waals surface area contributed by atoms with Crippen LogP contribution >= 0.6 is 0 Å². The Morgan fingerprint density at radius 2 is 1.82 bits per heavy atom. The molecular formula is C28H33NO10. The van der Waals surface area contributed by atoms with E-state index >= 15 is 0 Å². The fourth-order valence-electron chi connectivity index (χ4n) is 5.95. The highest BCUT2D eigenvalue weighted by Crippen LogP contribution is 2.52. The van der Waals surface area contributed by atoms with Crippen LogP contribution in [-0.4, -0.2) is 83.0 Å². The number of aliphatic hydroxyl groups is 2. The van der Waals surface area contributed by atoms with Crippen molar-refractivity contribution >= 4 is 11.6 Å². The Labute approximate surface area is 225 Å². The molecule has 5 rings (SSSR count). The number of aromatic hydroxyl groups is 2. The molecule has 0 bridgehead atoms. The summed E-state index contributed by atoms with van der Waals surface area (Å²) in [6.45, 7) is 1.85. The molecule has 1 fully saturated rings. The molecule has 1 heterocycles. The minimum atomic E-state index is -1.43. The number of hydrogen-bond donors (Lipinski definition) is 5. The molecule has 0 amide bonds. The number of fused-ring (bicyclic) bond motifs is 3. The summed E-state index contributed by atoms with van der Waals surface area (Å²) in [7, 11) is 2.86. The zero-order valence-corrected chi connectivity index (χ0v) is 22.0. The fraction of sp³-hybridized carbons (Fsp3) is 0.500. The van der Waals surface area contributed by atoms with Gasteiger partial charge in [0.25, 0.3) is 0 Å². The number of carbonyl (C=O) groups is 2. The van der Waals surface area contributed by atoms with Gasteiger partial charge in [-0.15, -0.1) is 0 Å². The maximum absolute atomic E-state index is 13.7. The van der Waals surface area contributed by atoms with Crippen molar-refractivity contribution in [1.82, 2.24) is 0 Å². The second-order valence-electron chi connectivity index (χ2n) is 10.5. The lowest BCUT2D eigenvalue weighted by atomic mass is 9.72. The minimum absolute atomic E-state index is 0.0126. The largest absolute Gasteiger partial charge is 0.507 e. The molecule has 2 aliphatic carbocycles. The van der Waals surface area contributed by atoms with Crippen molar-refractivity contribution in [2.45, 2.75) is 68.9 Å². The van der Waals surface area contributed by atoms with E-state index in [0.717, 1.165) is 0 Å². The molecule has 39 heavy (non-hydrogen) atoms. The van der Waals surface area contributed by atoms with Crippen LogP contribution in [0, 0.1) is 0 Å².